The molecule has 0 aliphatic rings. The minimum Gasteiger partial charge on any atom is -0.497 e. The summed E-state index contributed by atoms with van der Waals surface area (Å²) in [5.41, 5.74) is 0. The first-order chi connectivity index (χ1) is 14.8. The minimum atomic E-state index is -0.0449. The Labute approximate surface area is 215 Å². The van der Waals surface area contributed by atoms with Gasteiger partial charge in [0.05, 0.1) is 14.2 Å². The Kier molecular flexibility index (Phi) is 15.8. The SMILES string of the molecule is C.C.C.COc1ccc([I+]c2ccccc2)cc1.COc1ccc([SH+]c2ccccc2)cc1. The molecule has 33 heavy (non-hydrogen) atoms. The Morgan fingerprint density at radius 2 is 0.879 bits per heavy atom. The Balaban J connectivity index is 0.000000569. The van der Waals surface area contributed by atoms with Crippen LogP contribution in [0.3, 0.4) is 0 Å². The van der Waals surface area contributed by atoms with E-state index in [0.717, 1.165) is 11.5 Å². The molecule has 0 radical (unpaired) electrons. The van der Waals surface area contributed by atoms with Crippen LogP contribution in [0.15, 0.2) is 119 Å². The summed E-state index contributed by atoms with van der Waals surface area (Å²) in [5.74, 6) is 1.83. The quantitative estimate of drug-likeness (QED) is 0.189. The van der Waals surface area contributed by atoms with E-state index in [4.69, 9.17) is 9.47 Å². The molecule has 0 aromatic heterocycles. The van der Waals surface area contributed by atoms with Crippen LogP contribution in [-0.4, -0.2) is 14.2 Å². The molecule has 0 spiro atoms. The maximum Gasteiger partial charge on any atom is 0.357 e. The molecule has 0 heterocycles. The van der Waals surface area contributed by atoms with Crippen molar-refractivity contribution in [3.8, 4) is 11.5 Å². The van der Waals surface area contributed by atoms with E-state index in [2.05, 4.69) is 78.9 Å². The summed E-state index contributed by atoms with van der Waals surface area (Å²) >= 11 is 1.19. The van der Waals surface area contributed by atoms with Crippen molar-refractivity contribution in [2.75, 3.05) is 14.2 Å². The van der Waals surface area contributed by atoms with Crippen LogP contribution in [0, 0.1) is 7.14 Å². The van der Waals surface area contributed by atoms with E-state index in [1.165, 1.54) is 28.7 Å². The number of ether oxygens (including phenoxy) is 2. The van der Waals surface area contributed by atoms with Crippen LogP contribution in [0.25, 0.3) is 0 Å². The third-order valence-corrected chi connectivity index (χ3v) is 7.88. The van der Waals surface area contributed by atoms with E-state index in [1.54, 1.807) is 14.2 Å². The molecule has 4 aromatic rings. The standard InChI is InChI=1S/C13H12IO.C13H12OS.3CH4/c1-15-13-9-7-12(8-10-13)14-11-5-3-2-4-6-11;1-14-11-7-9-13(10-8-11)15-12-5-3-2-4-6-12;;;/h2*2-10H,1H3;3*1H4/q+1;;;;/p+1. The largest absolute Gasteiger partial charge is 0.497 e. The Bertz CT molecular complexity index is 904. The molecule has 4 aromatic carbocycles. The average Bonchev–Trinajstić information content (AvgIpc) is 2.82. The van der Waals surface area contributed by atoms with E-state index in [0.29, 0.717) is 0 Å². The molecule has 0 fully saturated rings. The Morgan fingerprint density at radius 3 is 1.36 bits per heavy atom. The van der Waals surface area contributed by atoms with Crippen molar-refractivity contribution < 1.29 is 30.7 Å². The zero-order chi connectivity index (χ0) is 21.0. The lowest BCUT2D eigenvalue weighted by molar-refractivity contribution is -0.597. The normalized spacial score (nSPS) is 9.03. The van der Waals surface area contributed by atoms with Crippen molar-refractivity contribution in [3.63, 3.8) is 0 Å². The van der Waals surface area contributed by atoms with Crippen LogP contribution in [0.5, 0.6) is 11.5 Å². The molecule has 0 N–H and O–H groups in total. The van der Waals surface area contributed by atoms with Gasteiger partial charge >= 0.3 is 21.2 Å². The summed E-state index contributed by atoms with van der Waals surface area (Å²) < 4.78 is 13.1. The van der Waals surface area contributed by atoms with Gasteiger partial charge in [-0.2, -0.15) is 0 Å². The fraction of sp³-hybridized carbons (Fsp3) is 0.172. The number of rotatable bonds is 6. The third kappa shape index (κ3) is 10.8. The lowest BCUT2D eigenvalue weighted by atomic mass is 10.3. The molecule has 0 bridgehead atoms. The predicted octanol–water partition coefficient (Wildman–Crippen LogP) is 4.66. The van der Waals surface area contributed by atoms with Gasteiger partial charge in [-0.3, -0.25) is 0 Å². The molecule has 0 saturated carbocycles. The van der Waals surface area contributed by atoms with E-state index in [9.17, 15) is 0 Å². The van der Waals surface area contributed by atoms with Crippen molar-refractivity contribution >= 4 is 11.8 Å². The zero-order valence-corrected chi connectivity index (χ0v) is 20.1. The van der Waals surface area contributed by atoms with Gasteiger partial charge in [0, 0.05) is 11.8 Å². The van der Waals surface area contributed by atoms with Gasteiger partial charge in [-0.15, -0.1) is 0 Å². The van der Waals surface area contributed by atoms with E-state index in [1.807, 2.05) is 30.3 Å². The summed E-state index contributed by atoms with van der Waals surface area (Å²) in [7, 11) is 3.38. The van der Waals surface area contributed by atoms with Gasteiger partial charge in [-0.1, -0.05) is 58.7 Å². The molecule has 0 unspecified atom stereocenters. The van der Waals surface area contributed by atoms with Gasteiger partial charge in [0.2, 0.25) is 0 Å². The number of benzene rings is 4. The number of hydrogen-bond acceptors (Lipinski definition) is 2. The topological polar surface area (TPSA) is 18.5 Å². The Hall–Kier alpha value is -2.44. The highest BCUT2D eigenvalue weighted by atomic mass is 127. The van der Waals surface area contributed by atoms with Gasteiger partial charge in [0.1, 0.15) is 11.5 Å². The van der Waals surface area contributed by atoms with Crippen LogP contribution >= 0.6 is 0 Å². The number of methoxy groups -OCH3 is 2. The molecule has 0 aliphatic carbocycles. The van der Waals surface area contributed by atoms with Crippen LogP contribution in [0.2, 0.25) is 0 Å². The van der Waals surface area contributed by atoms with Gasteiger partial charge < -0.3 is 9.47 Å². The molecule has 0 aliphatic heterocycles. The molecule has 0 amide bonds. The number of hydrogen-bond donors (Lipinski definition) is 0. The Morgan fingerprint density at radius 1 is 0.485 bits per heavy atom. The first-order valence-corrected chi connectivity index (χ1v) is 12.6. The van der Waals surface area contributed by atoms with Crippen LogP contribution in [0.4, 0.5) is 0 Å². The highest BCUT2D eigenvalue weighted by Gasteiger charge is 2.14. The molecule has 4 heteroatoms. The number of thiol groups is 1. The summed E-state index contributed by atoms with van der Waals surface area (Å²) in [6.45, 7) is 0. The lowest BCUT2D eigenvalue weighted by Crippen LogP contribution is -3.61. The fourth-order valence-corrected chi connectivity index (χ4v) is 5.68. The second-order valence-electron chi connectivity index (χ2n) is 6.19. The van der Waals surface area contributed by atoms with Crippen molar-refractivity contribution in [2.24, 2.45) is 0 Å². The van der Waals surface area contributed by atoms with Crippen molar-refractivity contribution in [1.29, 1.82) is 0 Å². The fourth-order valence-electron chi connectivity index (χ4n) is 2.55. The molecule has 4 rings (SSSR count). The zero-order valence-electron chi connectivity index (χ0n) is 17.0. The molecule has 2 nitrogen and oxygen atoms in total. The van der Waals surface area contributed by atoms with Crippen molar-refractivity contribution in [1.82, 2.24) is 0 Å². The van der Waals surface area contributed by atoms with Crippen LogP contribution in [0.1, 0.15) is 22.3 Å². The highest BCUT2D eigenvalue weighted by Crippen LogP contribution is 2.16. The number of halogens is 1. The molecule has 0 atom stereocenters. The minimum absolute atomic E-state index is 0. The van der Waals surface area contributed by atoms with E-state index >= 15 is 0 Å². The van der Waals surface area contributed by atoms with Gasteiger partial charge in [0.15, 0.2) is 16.9 Å². The van der Waals surface area contributed by atoms with E-state index < -0.39 is 0 Å². The predicted molar refractivity (Wildman–Crippen MR) is 142 cm³/mol. The van der Waals surface area contributed by atoms with Gasteiger partial charge in [-0.25, -0.2) is 0 Å². The second kappa shape index (κ2) is 17.1. The molecule has 0 saturated heterocycles. The monoisotopic (exact) mass is 576 g/mol. The first kappa shape index (κ1) is 30.6. The van der Waals surface area contributed by atoms with Crippen molar-refractivity contribution in [2.45, 2.75) is 32.1 Å². The summed E-state index contributed by atoms with van der Waals surface area (Å²) in [4.78, 5) is 2.59. The smallest absolute Gasteiger partial charge is 0.357 e. The van der Waals surface area contributed by atoms with Crippen LogP contribution in [-0.2, 0) is 11.8 Å². The summed E-state index contributed by atoms with van der Waals surface area (Å²) in [5, 5.41) is 0. The van der Waals surface area contributed by atoms with Gasteiger partial charge in [0.25, 0.3) is 0 Å². The van der Waals surface area contributed by atoms with E-state index in [-0.39, 0.29) is 43.5 Å². The third-order valence-electron chi connectivity index (χ3n) is 4.09. The molecule has 176 valence electrons. The maximum atomic E-state index is 5.13. The average molecular weight is 577 g/mol. The lowest BCUT2D eigenvalue weighted by Gasteiger charge is -1.97. The highest BCUT2D eigenvalue weighted by molar-refractivity contribution is 7.78. The maximum absolute atomic E-state index is 5.13. The molecular weight excluding hydrogens is 539 g/mol. The second-order valence-corrected chi connectivity index (χ2v) is 10.5. The van der Waals surface area contributed by atoms with Crippen molar-refractivity contribution in [3.05, 3.63) is 116 Å². The molecular formula is C29H37IO2S+2. The summed E-state index contributed by atoms with van der Waals surface area (Å²) in [6, 6.07) is 37.6. The van der Waals surface area contributed by atoms with Gasteiger partial charge in [-0.05, 0) is 72.8 Å². The van der Waals surface area contributed by atoms with Crippen LogP contribution < -0.4 is 30.7 Å². The summed E-state index contributed by atoms with van der Waals surface area (Å²) in [6.07, 6.45) is 0. The first-order valence-electron chi connectivity index (χ1n) is 9.51.